The minimum absolute atomic E-state index is 0.0631. The molecule has 2 saturated heterocycles. The number of esters is 1. The Labute approximate surface area is 159 Å². The lowest BCUT2D eigenvalue weighted by molar-refractivity contribution is -0.162. The summed E-state index contributed by atoms with van der Waals surface area (Å²) in [6, 6.07) is 1.63. The van der Waals surface area contributed by atoms with Crippen LogP contribution in [-0.4, -0.2) is 51.1 Å². The van der Waals surface area contributed by atoms with Crippen molar-refractivity contribution in [3.05, 3.63) is 16.8 Å². The molecule has 0 aromatic carbocycles. The Morgan fingerprint density at radius 2 is 2.15 bits per heavy atom. The minimum atomic E-state index is -3.48. The monoisotopic (exact) mass is 401 g/mol. The summed E-state index contributed by atoms with van der Waals surface area (Å²) in [5.41, 5.74) is -0.640. The van der Waals surface area contributed by atoms with Crippen LogP contribution in [-0.2, 0) is 24.3 Å². The number of piperidine rings is 1. The quantitative estimate of drug-likeness (QED) is 0.685. The van der Waals surface area contributed by atoms with Crippen molar-refractivity contribution in [2.24, 2.45) is 5.41 Å². The molecular formula is C18H27NO5S2. The van der Waals surface area contributed by atoms with Crippen LogP contribution >= 0.6 is 11.3 Å². The molecule has 0 radical (unpaired) electrons. The van der Waals surface area contributed by atoms with Gasteiger partial charge < -0.3 is 9.47 Å². The Kier molecular flexibility index (Phi) is 6.37. The van der Waals surface area contributed by atoms with E-state index in [4.69, 9.17) is 9.47 Å². The normalized spacial score (nSPS) is 24.3. The molecule has 1 aromatic heterocycles. The fourth-order valence-electron chi connectivity index (χ4n) is 3.88. The Bertz CT molecular complexity index is 687. The first-order chi connectivity index (χ1) is 12.5. The van der Waals surface area contributed by atoms with Crippen LogP contribution < -0.4 is 0 Å². The van der Waals surface area contributed by atoms with Crippen molar-refractivity contribution in [3.63, 3.8) is 0 Å². The third-order valence-corrected chi connectivity index (χ3v) is 8.14. The molecule has 3 heterocycles. The van der Waals surface area contributed by atoms with Crippen molar-refractivity contribution < 1.29 is 22.7 Å². The summed E-state index contributed by atoms with van der Waals surface area (Å²) in [5.74, 6) is -0.207. The van der Waals surface area contributed by atoms with E-state index in [1.54, 1.807) is 23.8 Å². The van der Waals surface area contributed by atoms with Crippen LogP contribution in [0.3, 0.4) is 0 Å². The molecule has 146 valence electrons. The highest BCUT2D eigenvalue weighted by molar-refractivity contribution is 7.89. The number of rotatable bonds is 6. The van der Waals surface area contributed by atoms with Gasteiger partial charge in [0.05, 0.1) is 23.0 Å². The summed E-state index contributed by atoms with van der Waals surface area (Å²) in [4.78, 5) is 13.1. The van der Waals surface area contributed by atoms with Gasteiger partial charge in [-0.05, 0) is 56.9 Å². The molecule has 2 fully saturated rings. The Morgan fingerprint density at radius 1 is 1.38 bits per heavy atom. The molecule has 2 aliphatic heterocycles. The topological polar surface area (TPSA) is 72.9 Å². The number of ether oxygens (including phenoxy) is 2. The summed E-state index contributed by atoms with van der Waals surface area (Å²) in [6.45, 7) is 3.55. The molecule has 1 aromatic rings. The van der Waals surface area contributed by atoms with Gasteiger partial charge in [-0.15, -0.1) is 0 Å². The number of hydrogen-bond donors (Lipinski definition) is 0. The van der Waals surface area contributed by atoms with Gasteiger partial charge in [0.25, 0.3) is 0 Å². The highest BCUT2D eigenvalue weighted by atomic mass is 32.2. The number of thiophene rings is 1. The van der Waals surface area contributed by atoms with Crippen molar-refractivity contribution in [1.82, 2.24) is 4.31 Å². The zero-order valence-corrected chi connectivity index (χ0v) is 16.8. The van der Waals surface area contributed by atoms with Gasteiger partial charge in [-0.1, -0.05) is 0 Å². The van der Waals surface area contributed by atoms with Gasteiger partial charge in [-0.3, -0.25) is 4.79 Å². The predicted octanol–water partition coefficient (Wildman–Crippen LogP) is 3.04. The summed E-state index contributed by atoms with van der Waals surface area (Å²) in [5, 5.41) is 3.42. The van der Waals surface area contributed by atoms with Gasteiger partial charge in [0, 0.05) is 25.1 Å². The first-order valence-electron chi connectivity index (χ1n) is 9.29. The highest BCUT2D eigenvalue weighted by Gasteiger charge is 2.46. The maximum Gasteiger partial charge on any atom is 0.312 e. The molecule has 8 heteroatoms. The van der Waals surface area contributed by atoms with Crippen molar-refractivity contribution in [2.45, 2.75) is 56.4 Å². The fraction of sp³-hybridized carbons (Fsp3) is 0.722. The van der Waals surface area contributed by atoms with Crippen LogP contribution in [0.5, 0.6) is 0 Å². The summed E-state index contributed by atoms with van der Waals surface area (Å²) < 4.78 is 38.2. The molecule has 0 N–H and O–H groups in total. The maximum absolute atomic E-state index is 12.7. The van der Waals surface area contributed by atoms with Gasteiger partial charge in [0.15, 0.2) is 0 Å². The van der Waals surface area contributed by atoms with Gasteiger partial charge >= 0.3 is 5.97 Å². The van der Waals surface area contributed by atoms with Crippen molar-refractivity contribution in [2.75, 3.05) is 26.3 Å². The molecular weight excluding hydrogens is 374 g/mol. The molecule has 1 atom stereocenters. The van der Waals surface area contributed by atoms with E-state index in [0.717, 1.165) is 25.9 Å². The van der Waals surface area contributed by atoms with Crippen LogP contribution in [0.2, 0.25) is 0 Å². The van der Waals surface area contributed by atoms with Gasteiger partial charge in [0.1, 0.15) is 0 Å². The minimum Gasteiger partial charge on any atom is -0.466 e. The second-order valence-electron chi connectivity index (χ2n) is 7.06. The number of hydrogen-bond acceptors (Lipinski definition) is 6. The zero-order chi connectivity index (χ0) is 18.6. The molecule has 0 amide bonds. The van der Waals surface area contributed by atoms with Crippen molar-refractivity contribution in [3.8, 4) is 0 Å². The Hall–Kier alpha value is -0.960. The first-order valence-corrected chi connectivity index (χ1v) is 11.7. The predicted molar refractivity (Wildman–Crippen MR) is 99.6 cm³/mol. The third kappa shape index (κ3) is 4.13. The maximum atomic E-state index is 12.7. The van der Waals surface area contributed by atoms with E-state index in [9.17, 15) is 13.2 Å². The highest BCUT2D eigenvalue weighted by Crippen LogP contribution is 2.41. The van der Waals surface area contributed by atoms with E-state index in [0.29, 0.717) is 43.9 Å². The molecule has 0 aliphatic carbocycles. The van der Waals surface area contributed by atoms with Crippen LogP contribution in [0.15, 0.2) is 21.7 Å². The lowest BCUT2D eigenvalue weighted by Crippen LogP contribution is -2.48. The molecule has 3 rings (SSSR count). The molecule has 6 nitrogen and oxygen atoms in total. The van der Waals surface area contributed by atoms with E-state index in [1.807, 2.05) is 0 Å². The summed E-state index contributed by atoms with van der Waals surface area (Å²) in [7, 11) is -3.48. The van der Waals surface area contributed by atoms with E-state index in [2.05, 4.69) is 0 Å². The second kappa shape index (κ2) is 8.37. The summed E-state index contributed by atoms with van der Waals surface area (Å²) in [6.07, 6.45) is 4.78. The van der Waals surface area contributed by atoms with E-state index < -0.39 is 15.4 Å². The Balaban J connectivity index is 1.73. The van der Waals surface area contributed by atoms with E-state index >= 15 is 0 Å². The fourth-order valence-corrected chi connectivity index (χ4v) is 6.34. The van der Waals surface area contributed by atoms with Gasteiger partial charge in [-0.25, -0.2) is 8.42 Å². The second-order valence-corrected chi connectivity index (χ2v) is 9.77. The molecule has 0 saturated carbocycles. The largest absolute Gasteiger partial charge is 0.466 e. The number of carbonyl (C=O) groups is 1. The zero-order valence-electron chi connectivity index (χ0n) is 15.2. The molecule has 0 bridgehead atoms. The number of sulfonamides is 1. The van der Waals surface area contributed by atoms with Gasteiger partial charge in [-0.2, -0.15) is 15.6 Å². The first kappa shape index (κ1) is 19.8. The molecule has 0 unspecified atom stereocenters. The molecule has 26 heavy (non-hydrogen) atoms. The lowest BCUT2D eigenvalue weighted by atomic mass is 9.73. The average molecular weight is 402 g/mol. The van der Waals surface area contributed by atoms with E-state index in [1.165, 1.54) is 15.6 Å². The van der Waals surface area contributed by atoms with Crippen LogP contribution in [0.4, 0.5) is 0 Å². The van der Waals surface area contributed by atoms with Gasteiger partial charge in [0.2, 0.25) is 10.0 Å². The number of carbonyl (C=O) groups excluding carboxylic acids is 1. The lowest BCUT2D eigenvalue weighted by Gasteiger charge is -2.41. The average Bonchev–Trinajstić information content (AvgIpc) is 3.19. The summed E-state index contributed by atoms with van der Waals surface area (Å²) >= 11 is 1.37. The third-order valence-electron chi connectivity index (χ3n) is 5.41. The molecule has 0 spiro atoms. The van der Waals surface area contributed by atoms with Crippen molar-refractivity contribution in [1.29, 1.82) is 0 Å². The SMILES string of the molecule is CCOC(=O)C1(C[C@@H]2CCCCO2)CCN(S(=O)(=O)c2ccsc2)CC1. The van der Waals surface area contributed by atoms with Crippen LogP contribution in [0, 0.1) is 5.41 Å². The van der Waals surface area contributed by atoms with Crippen LogP contribution in [0.25, 0.3) is 0 Å². The smallest absolute Gasteiger partial charge is 0.312 e. The van der Waals surface area contributed by atoms with Crippen LogP contribution in [0.1, 0.15) is 45.4 Å². The van der Waals surface area contributed by atoms with E-state index in [-0.39, 0.29) is 12.1 Å². The standard InChI is InChI=1S/C18H27NO5S2/c1-2-23-17(20)18(13-15-5-3-4-11-24-15)7-9-19(10-8-18)26(21,22)16-6-12-25-14-16/h6,12,14-15H,2-5,7-11,13H2,1H3/t15-/m0/s1. The molecule has 2 aliphatic rings. The number of nitrogens with zero attached hydrogens (tertiary/aromatic N) is 1. The Morgan fingerprint density at radius 3 is 2.73 bits per heavy atom. The van der Waals surface area contributed by atoms with Crippen molar-refractivity contribution >= 4 is 27.3 Å².